The zero-order valence-electron chi connectivity index (χ0n) is 11.9. The lowest BCUT2D eigenvalue weighted by atomic mass is 10.2. The molecule has 0 unspecified atom stereocenters. The number of pyridine rings is 1. The first-order valence-electron chi connectivity index (χ1n) is 6.90. The quantitative estimate of drug-likeness (QED) is 0.752. The van der Waals surface area contributed by atoms with Crippen LogP contribution in [-0.2, 0) is 6.42 Å². The van der Waals surface area contributed by atoms with Gasteiger partial charge in [0, 0.05) is 25.4 Å². The largest absolute Gasteiger partial charge is 0.352 e. The van der Waals surface area contributed by atoms with Gasteiger partial charge in [-0.1, -0.05) is 6.07 Å². The number of nitrogens with zero attached hydrogens (tertiary/aromatic N) is 2. The molecule has 2 heterocycles. The van der Waals surface area contributed by atoms with E-state index < -0.39 is 28.9 Å². The molecule has 1 aromatic carbocycles. The summed E-state index contributed by atoms with van der Waals surface area (Å²) in [6.07, 6.45) is 4.10. The molecule has 0 spiro atoms. The summed E-state index contributed by atoms with van der Waals surface area (Å²) in [5.41, 5.74) is 1.00. The Balaban J connectivity index is 1.64. The number of halogens is 3. The van der Waals surface area contributed by atoms with E-state index in [1.54, 1.807) is 0 Å². The first kappa shape index (κ1) is 15.1. The molecule has 0 radical (unpaired) electrons. The molecule has 4 nitrogen and oxygen atoms in total. The highest BCUT2D eigenvalue weighted by molar-refractivity contribution is 5.94. The fourth-order valence-corrected chi connectivity index (χ4v) is 2.21. The zero-order valence-corrected chi connectivity index (χ0v) is 11.9. The predicted molar refractivity (Wildman–Crippen MR) is 77.5 cm³/mol. The number of benzene rings is 1. The van der Waals surface area contributed by atoms with Gasteiger partial charge in [-0.2, -0.15) is 0 Å². The number of amides is 1. The van der Waals surface area contributed by atoms with Crippen molar-refractivity contribution in [2.45, 2.75) is 6.42 Å². The van der Waals surface area contributed by atoms with Crippen LogP contribution in [0.5, 0.6) is 0 Å². The maximum Gasteiger partial charge on any atom is 0.254 e. The van der Waals surface area contributed by atoms with E-state index in [4.69, 9.17) is 0 Å². The van der Waals surface area contributed by atoms with Crippen LogP contribution in [0.3, 0.4) is 0 Å². The van der Waals surface area contributed by atoms with Gasteiger partial charge >= 0.3 is 0 Å². The van der Waals surface area contributed by atoms with Gasteiger partial charge in [-0.3, -0.25) is 4.79 Å². The molecule has 0 saturated carbocycles. The van der Waals surface area contributed by atoms with E-state index in [-0.39, 0.29) is 6.54 Å². The van der Waals surface area contributed by atoms with Gasteiger partial charge in [-0.25, -0.2) is 18.2 Å². The Morgan fingerprint density at radius 3 is 2.74 bits per heavy atom. The van der Waals surface area contributed by atoms with Crippen molar-refractivity contribution < 1.29 is 18.0 Å². The highest BCUT2D eigenvalue weighted by atomic mass is 19.2. The van der Waals surface area contributed by atoms with Crippen molar-refractivity contribution in [3.63, 3.8) is 0 Å². The number of rotatable bonds is 4. The van der Waals surface area contributed by atoms with Crippen molar-refractivity contribution in [1.82, 2.24) is 14.7 Å². The fourth-order valence-electron chi connectivity index (χ4n) is 2.21. The van der Waals surface area contributed by atoms with Crippen LogP contribution in [0.4, 0.5) is 13.2 Å². The predicted octanol–water partition coefficient (Wildman–Crippen LogP) is 2.72. The molecular weight excluding hydrogens is 307 g/mol. The molecule has 23 heavy (non-hydrogen) atoms. The minimum Gasteiger partial charge on any atom is -0.352 e. The molecule has 2 aromatic heterocycles. The number of aromatic nitrogens is 2. The Morgan fingerprint density at radius 2 is 1.96 bits per heavy atom. The van der Waals surface area contributed by atoms with Crippen molar-refractivity contribution in [2.75, 3.05) is 6.54 Å². The number of carbonyl (C=O) groups excluding carboxylic acids is 1. The second-order valence-corrected chi connectivity index (χ2v) is 4.93. The summed E-state index contributed by atoms with van der Waals surface area (Å²) in [5.74, 6) is -5.28. The Labute approximate surface area is 129 Å². The van der Waals surface area contributed by atoms with Crippen molar-refractivity contribution in [2.24, 2.45) is 0 Å². The Morgan fingerprint density at radius 1 is 1.13 bits per heavy atom. The van der Waals surface area contributed by atoms with Crippen LogP contribution in [0.1, 0.15) is 16.1 Å². The van der Waals surface area contributed by atoms with E-state index in [0.29, 0.717) is 6.42 Å². The lowest BCUT2D eigenvalue weighted by Gasteiger charge is -2.06. The standard InChI is InChI=1S/C16H12F3N3O/c17-12-5-4-11(14(18)15(12)19)16(23)20-7-6-10-9-22-8-2-1-3-13(22)21-10/h1-5,8-9H,6-7H2,(H,20,23). The third kappa shape index (κ3) is 3.03. The van der Waals surface area contributed by atoms with Crippen LogP contribution in [0.2, 0.25) is 0 Å². The van der Waals surface area contributed by atoms with E-state index in [9.17, 15) is 18.0 Å². The van der Waals surface area contributed by atoms with Gasteiger partial charge in [0.25, 0.3) is 5.91 Å². The van der Waals surface area contributed by atoms with Crippen molar-refractivity contribution in [1.29, 1.82) is 0 Å². The van der Waals surface area contributed by atoms with Crippen molar-refractivity contribution in [3.8, 4) is 0 Å². The maximum absolute atomic E-state index is 13.5. The van der Waals surface area contributed by atoms with Gasteiger partial charge in [0.05, 0.1) is 11.3 Å². The van der Waals surface area contributed by atoms with Crippen LogP contribution in [0.25, 0.3) is 5.65 Å². The Kier molecular flexibility index (Phi) is 4.01. The van der Waals surface area contributed by atoms with Crippen LogP contribution >= 0.6 is 0 Å². The normalized spacial score (nSPS) is 10.9. The third-order valence-corrected chi connectivity index (χ3v) is 3.36. The van der Waals surface area contributed by atoms with Crippen molar-refractivity contribution >= 4 is 11.6 Å². The first-order valence-corrected chi connectivity index (χ1v) is 6.90. The van der Waals surface area contributed by atoms with Crippen LogP contribution in [0, 0.1) is 17.5 Å². The SMILES string of the molecule is O=C(NCCc1cn2ccccc2n1)c1ccc(F)c(F)c1F. The van der Waals surface area contributed by atoms with Crippen LogP contribution < -0.4 is 5.32 Å². The zero-order chi connectivity index (χ0) is 16.4. The number of fused-ring (bicyclic) bond motifs is 1. The second kappa shape index (κ2) is 6.12. The Hall–Kier alpha value is -2.83. The van der Waals surface area contributed by atoms with Gasteiger partial charge in [0.2, 0.25) is 0 Å². The van der Waals surface area contributed by atoms with Crippen LogP contribution in [-0.4, -0.2) is 21.8 Å². The van der Waals surface area contributed by atoms with Gasteiger partial charge in [0.15, 0.2) is 17.5 Å². The molecule has 7 heteroatoms. The molecule has 0 aliphatic rings. The summed E-state index contributed by atoms with van der Waals surface area (Å²) in [7, 11) is 0. The molecule has 0 atom stereocenters. The van der Waals surface area contributed by atoms with E-state index in [1.165, 1.54) is 0 Å². The smallest absolute Gasteiger partial charge is 0.254 e. The summed E-state index contributed by atoms with van der Waals surface area (Å²) >= 11 is 0. The van der Waals surface area contributed by atoms with Gasteiger partial charge < -0.3 is 9.72 Å². The number of imidazole rings is 1. The molecule has 3 aromatic rings. The molecule has 118 valence electrons. The number of carbonyl (C=O) groups is 1. The second-order valence-electron chi connectivity index (χ2n) is 4.93. The van der Waals surface area contributed by atoms with Crippen molar-refractivity contribution in [3.05, 3.63) is 71.4 Å². The van der Waals surface area contributed by atoms with Crippen LogP contribution in [0.15, 0.2) is 42.7 Å². The summed E-state index contributed by atoms with van der Waals surface area (Å²) < 4.78 is 41.3. The Bertz CT molecular complexity index is 843. The monoisotopic (exact) mass is 319 g/mol. The maximum atomic E-state index is 13.5. The minimum atomic E-state index is -1.65. The van der Waals surface area contributed by atoms with E-state index in [0.717, 1.165) is 23.5 Å². The topological polar surface area (TPSA) is 46.4 Å². The molecule has 0 bridgehead atoms. The van der Waals surface area contributed by atoms with Gasteiger partial charge in [0.1, 0.15) is 5.65 Å². The summed E-state index contributed by atoms with van der Waals surface area (Å²) in [5, 5.41) is 2.46. The number of hydrogen-bond donors (Lipinski definition) is 1. The minimum absolute atomic E-state index is 0.196. The first-order chi connectivity index (χ1) is 11.1. The highest BCUT2D eigenvalue weighted by Gasteiger charge is 2.18. The molecule has 0 aliphatic heterocycles. The van der Waals surface area contributed by atoms with Gasteiger partial charge in [-0.15, -0.1) is 0 Å². The van der Waals surface area contributed by atoms with E-state index >= 15 is 0 Å². The van der Waals surface area contributed by atoms with E-state index in [2.05, 4.69) is 10.3 Å². The average molecular weight is 319 g/mol. The average Bonchev–Trinajstić information content (AvgIpc) is 2.95. The molecule has 0 aliphatic carbocycles. The molecule has 0 fully saturated rings. The fraction of sp³-hybridized carbons (Fsp3) is 0.125. The summed E-state index contributed by atoms with van der Waals surface area (Å²) in [6.45, 7) is 0.196. The lowest BCUT2D eigenvalue weighted by molar-refractivity contribution is 0.0948. The molecular formula is C16H12F3N3O. The lowest BCUT2D eigenvalue weighted by Crippen LogP contribution is -2.27. The summed E-state index contributed by atoms with van der Waals surface area (Å²) in [6, 6.07) is 7.20. The molecule has 1 amide bonds. The number of nitrogens with one attached hydrogen (secondary N) is 1. The molecule has 0 saturated heterocycles. The highest BCUT2D eigenvalue weighted by Crippen LogP contribution is 2.15. The summed E-state index contributed by atoms with van der Waals surface area (Å²) in [4.78, 5) is 16.2. The molecule has 1 N–H and O–H groups in total. The third-order valence-electron chi connectivity index (χ3n) is 3.36. The number of hydrogen-bond acceptors (Lipinski definition) is 2. The van der Waals surface area contributed by atoms with Gasteiger partial charge in [-0.05, 0) is 24.3 Å². The molecule has 3 rings (SSSR count). The van der Waals surface area contributed by atoms with E-state index in [1.807, 2.05) is 35.0 Å².